The Kier molecular flexibility index (Phi) is 3.24. The van der Waals surface area contributed by atoms with Gasteiger partial charge in [-0.2, -0.15) is 4.99 Å². The number of nitrogens with zero attached hydrogens (tertiary/aromatic N) is 1. The van der Waals surface area contributed by atoms with Crippen molar-refractivity contribution in [3.63, 3.8) is 0 Å². The van der Waals surface area contributed by atoms with Gasteiger partial charge in [-0.1, -0.05) is 18.9 Å². The van der Waals surface area contributed by atoms with Crippen molar-refractivity contribution < 1.29 is 9.18 Å². The molecule has 0 unspecified atom stereocenters. The van der Waals surface area contributed by atoms with Crippen LogP contribution in [0.1, 0.15) is 55.2 Å². The van der Waals surface area contributed by atoms with Gasteiger partial charge in [0.05, 0.1) is 0 Å². The van der Waals surface area contributed by atoms with E-state index in [1.807, 2.05) is 6.07 Å². The number of aryl methyl sites for hydroxylation is 2. The van der Waals surface area contributed by atoms with E-state index in [0.29, 0.717) is 5.56 Å². The number of hydrogen-bond acceptors (Lipinski definition) is 2. The van der Waals surface area contributed by atoms with Crippen LogP contribution in [0.15, 0.2) is 17.1 Å². The topological polar surface area (TPSA) is 29.4 Å². The van der Waals surface area contributed by atoms with E-state index in [1.54, 1.807) is 12.1 Å². The molecule has 0 atom stereocenters. The Morgan fingerprint density at radius 1 is 1.05 bits per heavy atom. The predicted molar refractivity (Wildman–Crippen MR) is 71.3 cm³/mol. The molecule has 1 saturated carbocycles. The molecular formula is C16H18FNO. The lowest BCUT2D eigenvalue weighted by atomic mass is 9.83. The second-order valence-electron chi connectivity index (χ2n) is 5.75. The lowest BCUT2D eigenvalue weighted by Gasteiger charge is -2.26. The van der Waals surface area contributed by atoms with Crippen LogP contribution in [0.5, 0.6) is 0 Å². The van der Waals surface area contributed by atoms with Crippen molar-refractivity contribution in [1.29, 1.82) is 0 Å². The van der Waals surface area contributed by atoms with Crippen molar-refractivity contribution >= 4 is 6.08 Å². The van der Waals surface area contributed by atoms with Gasteiger partial charge in [0.15, 0.2) is 0 Å². The zero-order valence-electron chi connectivity index (χ0n) is 11.0. The first-order valence-electron chi connectivity index (χ1n) is 7.16. The average molecular weight is 259 g/mol. The molecule has 0 saturated heterocycles. The normalized spacial score (nSPS) is 20.7. The third kappa shape index (κ3) is 2.12. The van der Waals surface area contributed by atoms with Gasteiger partial charge >= 0.3 is 0 Å². The third-order valence-electron chi connectivity index (χ3n) is 4.62. The Balaban J connectivity index is 2.10. The van der Waals surface area contributed by atoms with Crippen LogP contribution in [0.4, 0.5) is 4.39 Å². The van der Waals surface area contributed by atoms with Gasteiger partial charge in [0.2, 0.25) is 6.08 Å². The Morgan fingerprint density at radius 2 is 1.68 bits per heavy atom. The standard InChI is InChI=1S/C16H18FNO/c17-15-10-13-6-2-1-5-12(13)9-14(15)16(18-11-19)7-3-4-8-16/h9-10H,1-8H2. The van der Waals surface area contributed by atoms with Crippen molar-refractivity contribution in [3.8, 4) is 0 Å². The number of benzene rings is 1. The summed E-state index contributed by atoms with van der Waals surface area (Å²) < 4.78 is 14.4. The number of aliphatic imine (C=N–C) groups is 1. The van der Waals surface area contributed by atoms with E-state index in [4.69, 9.17) is 0 Å². The summed E-state index contributed by atoms with van der Waals surface area (Å²) in [6.07, 6.45) is 9.49. The van der Waals surface area contributed by atoms with Crippen LogP contribution in [-0.4, -0.2) is 6.08 Å². The Hall–Kier alpha value is -1.47. The molecule has 0 aliphatic heterocycles. The quantitative estimate of drug-likeness (QED) is 0.586. The van der Waals surface area contributed by atoms with Crippen LogP contribution in [0, 0.1) is 5.82 Å². The molecule has 0 bridgehead atoms. The summed E-state index contributed by atoms with van der Waals surface area (Å²) in [6, 6.07) is 3.64. The minimum Gasteiger partial charge on any atom is -0.211 e. The smallest absolute Gasteiger partial charge is 0.211 e. The van der Waals surface area contributed by atoms with Crippen LogP contribution in [0.25, 0.3) is 0 Å². The summed E-state index contributed by atoms with van der Waals surface area (Å²) in [4.78, 5) is 14.7. The van der Waals surface area contributed by atoms with Crippen LogP contribution >= 0.6 is 0 Å². The van der Waals surface area contributed by atoms with E-state index in [-0.39, 0.29) is 5.82 Å². The molecule has 1 aromatic carbocycles. The number of rotatable bonds is 2. The van der Waals surface area contributed by atoms with Gasteiger partial charge in [-0.25, -0.2) is 9.18 Å². The van der Waals surface area contributed by atoms with E-state index in [1.165, 1.54) is 12.0 Å². The lowest BCUT2D eigenvalue weighted by molar-refractivity contribution is 0.429. The monoisotopic (exact) mass is 259 g/mol. The first kappa shape index (κ1) is 12.6. The molecule has 3 rings (SSSR count). The largest absolute Gasteiger partial charge is 0.235 e. The van der Waals surface area contributed by atoms with E-state index >= 15 is 0 Å². The van der Waals surface area contributed by atoms with Gasteiger partial charge in [-0.05, 0) is 55.7 Å². The highest BCUT2D eigenvalue weighted by Crippen LogP contribution is 2.44. The zero-order chi connectivity index (χ0) is 13.3. The first-order chi connectivity index (χ1) is 9.25. The SMILES string of the molecule is O=C=NC1(c2cc3c(cc2F)CCCC3)CCCC1. The van der Waals surface area contributed by atoms with Crippen molar-refractivity contribution in [2.75, 3.05) is 0 Å². The fourth-order valence-corrected chi connectivity index (χ4v) is 3.60. The van der Waals surface area contributed by atoms with Gasteiger partial charge in [-0.15, -0.1) is 0 Å². The molecule has 2 nitrogen and oxygen atoms in total. The number of fused-ring (bicyclic) bond motifs is 1. The lowest BCUT2D eigenvalue weighted by Crippen LogP contribution is -2.22. The molecule has 2 aliphatic rings. The highest BCUT2D eigenvalue weighted by atomic mass is 19.1. The fourth-order valence-electron chi connectivity index (χ4n) is 3.60. The maximum atomic E-state index is 14.4. The molecule has 100 valence electrons. The molecule has 0 heterocycles. The molecule has 0 N–H and O–H groups in total. The van der Waals surface area contributed by atoms with E-state index in [2.05, 4.69) is 4.99 Å². The van der Waals surface area contributed by atoms with Gasteiger partial charge < -0.3 is 0 Å². The number of isocyanates is 1. The molecular weight excluding hydrogens is 241 g/mol. The first-order valence-corrected chi connectivity index (χ1v) is 7.16. The summed E-state index contributed by atoms with van der Waals surface area (Å²) in [5.74, 6) is -0.193. The maximum Gasteiger partial charge on any atom is 0.235 e. The van der Waals surface area contributed by atoms with Gasteiger partial charge in [0.1, 0.15) is 11.4 Å². The number of hydrogen-bond donors (Lipinski definition) is 0. The predicted octanol–water partition coefficient (Wildman–Crippen LogP) is 3.81. The van der Waals surface area contributed by atoms with Gasteiger partial charge in [-0.3, -0.25) is 0 Å². The molecule has 2 aliphatic carbocycles. The van der Waals surface area contributed by atoms with E-state index < -0.39 is 5.54 Å². The van der Waals surface area contributed by atoms with Crippen molar-refractivity contribution in [3.05, 3.63) is 34.6 Å². The Morgan fingerprint density at radius 3 is 2.32 bits per heavy atom. The van der Waals surface area contributed by atoms with Crippen LogP contribution in [-0.2, 0) is 23.2 Å². The summed E-state index contributed by atoms with van der Waals surface area (Å²) in [7, 11) is 0. The highest BCUT2D eigenvalue weighted by molar-refractivity contribution is 5.43. The molecule has 0 spiro atoms. The van der Waals surface area contributed by atoms with Crippen LogP contribution in [0.3, 0.4) is 0 Å². The summed E-state index contributed by atoms with van der Waals surface area (Å²) in [5, 5.41) is 0. The maximum absolute atomic E-state index is 14.4. The summed E-state index contributed by atoms with van der Waals surface area (Å²) in [5.41, 5.74) is 2.36. The average Bonchev–Trinajstić information content (AvgIpc) is 2.88. The van der Waals surface area contributed by atoms with Gasteiger partial charge in [0, 0.05) is 5.56 Å². The summed E-state index contributed by atoms with van der Waals surface area (Å²) >= 11 is 0. The van der Waals surface area contributed by atoms with Crippen molar-refractivity contribution in [1.82, 2.24) is 0 Å². The number of halogens is 1. The van der Waals surface area contributed by atoms with Crippen LogP contribution < -0.4 is 0 Å². The molecule has 1 aromatic rings. The minimum absolute atomic E-state index is 0.193. The molecule has 3 heteroatoms. The molecule has 0 aromatic heterocycles. The molecule has 19 heavy (non-hydrogen) atoms. The minimum atomic E-state index is -0.641. The molecule has 0 amide bonds. The fraction of sp³-hybridized carbons (Fsp3) is 0.562. The second-order valence-corrected chi connectivity index (χ2v) is 5.75. The van der Waals surface area contributed by atoms with Crippen molar-refractivity contribution in [2.45, 2.75) is 56.9 Å². The Labute approximate surface area is 112 Å². The third-order valence-corrected chi connectivity index (χ3v) is 4.62. The zero-order valence-corrected chi connectivity index (χ0v) is 11.0. The van der Waals surface area contributed by atoms with Crippen LogP contribution in [0.2, 0.25) is 0 Å². The second kappa shape index (κ2) is 4.90. The van der Waals surface area contributed by atoms with Gasteiger partial charge in [0.25, 0.3) is 0 Å². The van der Waals surface area contributed by atoms with E-state index in [0.717, 1.165) is 50.5 Å². The summed E-state index contributed by atoms with van der Waals surface area (Å²) in [6.45, 7) is 0. The number of carbonyl (C=O) groups excluding carboxylic acids is 1. The Bertz CT molecular complexity index is 540. The highest BCUT2D eigenvalue weighted by Gasteiger charge is 2.38. The van der Waals surface area contributed by atoms with Crippen molar-refractivity contribution in [2.24, 2.45) is 4.99 Å². The van der Waals surface area contributed by atoms with E-state index in [9.17, 15) is 9.18 Å². The molecule has 0 radical (unpaired) electrons. The molecule has 1 fully saturated rings.